The smallest absolute Gasteiger partial charge is 0.0560 e. The van der Waals surface area contributed by atoms with Gasteiger partial charge < -0.3 is 14.9 Å². The third-order valence-electron chi connectivity index (χ3n) is 11.6. The van der Waals surface area contributed by atoms with Crippen molar-refractivity contribution in [2.45, 2.75) is 111 Å². The average Bonchev–Trinajstić information content (AvgIpc) is 3.76. The van der Waals surface area contributed by atoms with Gasteiger partial charge in [-0.3, -0.25) is 9.88 Å². The number of pyridine rings is 1. The van der Waals surface area contributed by atoms with Crippen LogP contribution in [0.15, 0.2) is 67.5 Å². The molecule has 6 heteroatoms. The van der Waals surface area contributed by atoms with Gasteiger partial charge in [0.2, 0.25) is 0 Å². The quantitative estimate of drug-likeness (QED) is 0.0616. The number of nitrogens with zero attached hydrogens (tertiary/aromatic N) is 4. The Balaban J connectivity index is 1.36. The first kappa shape index (κ1) is 37.7. The maximum absolute atomic E-state index is 5.81. The average molecular weight is 699 g/mol. The van der Waals surface area contributed by atoms with Gasteiger partial charge in [0.05, 0.1) is 17.6 Å². The Morgan fingerprint density at radius 1 is 1.02 bits per heavy atom. The highest BCUT2D eigenvalue weighted by atomic mass is 15.3. The summed E-state index contributed by atoms with van der Waals surface area (Å²) in [5.41, 5.74) is 18.0. The van der Waals surface area contributed by atoms with Crippen LogP contribution in [0.2, 0.25) is 0 Å². The standard InChI is InChI=1S/C46H62N6/c1-7-11-24-46(5,6)32-42-40-30-37(36-20-16-19-35(29-36)18-14-12-13-15-25-49-48-9-3)22-23-44(40)52(10-4)45(42)41-31-39(33-47-43(41)8-2)51-28-27-50-26-17-21-38(50)34-51/h1,9,16,19-20,22-23,29-31,33,38,48-49H,3,8,10-15,17-18,21,24-28,32,34H2,2,4-6H3. The molecule has 4 heterocycles. The molecule has 4 aromatic rings. The molecular weight excluding hydrogens is 637 g/mol. The maximum atomic E-state index is 5.81. The predicted octanol–water partition coefficient (Wildman–Crippen LogP) is 9.56. The van der Waals surface area contributed by atoms with Crippen LogP contribution in [0, 0.1) is 17.8 Å². The Labute approximate surface area is 314 Å². The SMILES string of the molecule is C#CCCC(C)(C)Cc1c(-c2cc(N3CCN4CCCC4C3)cnc2CC)n(CC)c2ccc(-c3cccc(CCCCCCNNC=C)c3)cc12. The van der Waals surface area contributed by atoms with Crippen LogP contribution in [-0.4, -0.2) is 53.2 Å². The third kappa shape index (κ3) is 8.76. The zero-order valence-electron chi connectivity index (χ0n) is 32.4. The number of rotatable bonds is 18. The fraction of sp³-hybridized carbons (Fsp3) is 0.500. The van der Waals surface area contributed by atoms with E-state index in [1.807, 2.05) is 0 Å². The number of hydrogen-bond donors (Lipinski definition) is 2. The Kier molecular flexibility index (Phi) is 12.8. The van der Waals surface area contributed by atoms with Gasteiger partial charge in [0.1, 0.15) is 0 Å². The second-order valence-corrected chi connectivity index (χ2v) is 15.8. The lowest BCUT2D eigenvalue weighted by Crippen LogP contribution is -2.50. The lowest BCUT2D eigenvalue weighted by molar-refractivity contribution is 0.231. The van der Waals surface area contributed by atoms with Crippen LogP contribution in [0.1, 0.15) is 95.9 Å². The van der Waals surface area contributed by atoms with Crippen molar-refractivity contribution in [1.29, 1.82) is 0 Å². The summed E-state index contributed by atoms with van der Waals surface area (Å²) in [7, 11) is 0. The largest absolute Gasteiger partial charge is 0.367 e. The summed E-state index contributed by atoms with van der Waals surface area (Å²) in [6.07, 6.45) is 21.9. The minimum Gasteiger partial charge on any atom is -0.367 e. The van der Waals surface area contributed by atoms with Crippen molar-refractivity contribution in [3.8, 4) is 34.7 Å². The zero-order chi connectivity index (χ0) is 36.5. The van der Waals surface area contributed by atoms with Gasteiger partial charge in [0.25, 0.3) is 0 Å². The Morgan fingerprint density at radius 2 is 1.87 bits per heavy atom. The number of aromatic nitrogens is 2. The molecule has 0 aliphatic carbocycles. The molecule has 6 nitrogen and oxygen atoms in total. The molecule has 0 bridgehead atoms. The molecule has 276 valence electrons. The second kappa shape index (κ2) is 17.6. The highest BCUT2D eigenvalue weighted by molar-refractivity contribution is 5.95. The van der Waals surface area contributed by atoms with Crippen molar-refractivity contribution in [1.82, 2.24) is 25.3 Å². The molecule has 1 unspecified atom stereocenters. The van der Waals surface area contributed by atoms with E-state index in [0.717, 1.165) is 64.8 Å². The number of hydrogen-bond acceptors (Lipinski definition) is 5. The minimum atomic E-state index is 0.0539. The van der Waals surface area contributed by atoms with Gasteiger partial charge >= 0.3 is 0 Å². The first-order valence-corrected chi connectivity index (χ1v) is 20.1. The van der Waals surface area contributed by atoms with Crippen LogP contribution >= 0.6 is 0 Å². The van der Waals surface area contributed by atoms with Crippen LogP contribution in [0.4, 0.5) is 5.69 Å². The first-order valence-electron chi connectivity index (χ1n) is 20.1. The van der Waals surface area contributed by atoms with E-state index in [9.17, 15) is 0 Å². The van der Waals surface area contributed by atoms with Crippen molar-refractivity contribution < 1.29 is 0 Å². The summed E-state index contributed by atoms with van der Waals surface area (Å²) >= 11 is 0. The number of nitrogens with one attached hydrogen (secondary N) is 2. The molecule has 2 aromatic heterocycles. The molecule has 2 aliphatic heterocycles. The van der Waals surface area contributed by atoms with E-state index in [1.165, 1.54) is 101 Å². The molecule has 0 radical (unpaired) electrons. The summed E-state index contributed by atoms with van der Waals surface area (Å²) in [6, 6.07) is 19.6. The molecular formula is C46H62N6. The highest BCUT2D eigenvalue weighted by Gasteiger charge is 2.32. The number of fused-ring (bicyclic) bond motifs is 2. The molecule has 1 atom stereocenters. The van der Waals surface area contributed by atoms with Crippen molar-refractivity contribution in [3.63, 3.8) is 0 Å². The van der Waals surface area contributed by atoms with Gasteiger partial charge in [-0.15, -0.1) is 12.3 Å². The van der Waals surface area contributed by atoms with Crippen LogP contribution in [0.5, 0.6) is 0 Å². The topological polar surface area (TPSA) is 48.4 Å². The van der Waals surface area contributed by atoms with E-state index in [-0.39, 0.29) is 5.41 Å². The maximum Gasteiger partial charge on any atom is 0.0560 e. The van der Waals surface area contributed by atoms with Gasteiger partial charge in [-0.1, -0.05) is 70.5 Å². The van der Waals surface area contributed by atoms with Crippen molar-refractivity contribution in [3.05, 3.63) is 84.3 Å². The van der Waals surface area contributed by atoms with Crippen LogP contribution in [-0.2, 0) is 25.8 Å². The van der Waals surface area contributed by atoms with E-state index in [1.54, 1.807) is 6.20 Å². The fourth-order valence-electron chi connectivity index (χ4n) is 8.71. The molecule has 0 amide bonds. The van der Waals surface area contributed by atoms with Gasteiger partial charge in [0, 0.05) is 73.5 Å². The van der Waals surface area contributed by atoms with Crippen molar-refractivity contribution >= 4 is 16.6 Å². The molecule has 2 fully saturated rings. The van der Waals surface area contributed by atoms with Crippen LogP contribution < -0.4 is 15.8 Å². The Hall–Kier alpha value is -4.05. The Morgan fingerprint density at radius 3 is 2.67 bits per heavy atom. The zero-order valence-corrected chi connectivity index (χ0v) is 32.4. The molecule has 0 saturated carbocycles. The molecule has 2 N–H and O–H groups in total. The molecule has 2 aromatic carbocycles. The van der Waals surface area contributed by atoms with E-state index in [2.05, 4.69) is 120 Å². The number of aryl methyl sites for hydroxylation is 3. The van der Waals surface area contributed by atoms with Crippen LogP contribution in [0.3, 0.4) is 0 Å². The number of benzene rings is 2. The second-order valence-electron chi connectivity index (χ2n) is 15.8. The lowest BCUT2D eigenvalue weighted by Gasteiger charge is -2.39. The summed E-state index contributed by atoms with van der Waals surface area (Å²) in [5, 5.41) is 1.36. The van der Waals surface area contributed by atoms with Gasteiger partial charge in [-0.05, 0) is 111 Å². The lowest BCUT2D eigenvalue weighted by atomic mass is 9.80. The number of anilines is 1. The molecule has 52 heavy (non-hydrogen) atoms. The van der Waals surface area contributed by atoms with E-state index >= 15 is 0 Å². The number of piperazine rings is 1. The molecule has 2 saturated heterocycles. The first-order chi connectivity index (χ1) is 25.4. The van der Waals surface area contributed by atoms with Gasteiger partial charge in [-0.25, -0.2) is 5.43 Å². The molecule has 0 spiro atoms. The molecule has 2 aliphatic rings. The van der Waals surface area contributed by atoms with E-state index in [4.69, 9.17) is 11.4 Å². The normalized spacial score (nSPS) is 16.3. The summed E-state index contributed by atoms with van der Waals surface area (Å²) in [5.74, 6) is 2.92. The van der Waals surface area contributed by atoms with Gasteiger partial charge in [0.15, 0.2) is 0 Å². The van der Waals surface area contributed by atoms with Crippen LogP contribution in [0.25, 0.3) is 33.3 Å². The minimum absolute atomic E-state index is 0.0539. The third-order valence-corrected chi connectivity index (χ3v) is 11.6. The summed E-state index contributed by atoms with van der Waals surface area (Å²) < 4.78 is 2.57. The molecule has 6 rings (SSSR count). The Bertz CT molecular complexity index is 1840. The number of hydrazine groups is 1. The van der Waals surface area contributed by atoms with E-state index in [0.29, 0.717) is 6.04 Å². The fourth-order valence-corrected chi connectivity index (χ4v) is 8.71. The summed E-state index contributed by atoms with van der Waals surface area (Å²) in [6.45, 7) is 19.5. The monoisotopic (exact) mass is 699 g/mol. The van der Waals surface area contributed by atoms with Crippen molar-refractivity contribution in [2.75, 3.05) is 37.6 Å². The van der Waals surface area contributed by atoms with E-state index < -0.39 is 0 Å². The highest BCUT2D eigenvalue weighted by Crippen LogP contribution is 2.42. The number of unbranched alkanes of at least 4 members (excludes halogenated alkanes) is 3. The summed E-state index contributed by atoms with van der Waals surface area (Å²) in [4.78, 5) is 10.5. The van der Waals surface area contributed by atoms with Gasteiger partial charge in [-0.2, -0.15) is 0 Å². The number of terminal acetylenes is 1. The van der Waals surface area contributed by atoms with Crippen molar-refractivity contribution in [2.24, 2.45) is 5.41 Å². The predicted molar refractivity (Wildman–Crippen MR) is 222 cm³/mol.